The van der Waals surface area contributed by atoms with Gasteiger partial charge in [0.05, 0.1) is 5.69 Å². The van der Waals surface area contributed by atoms with Gasteiger partial charge in [-0.1, -0.05) is 6.07 Å². The molecule has 6 heteroatoms. The largest absolute Gasteiger partial charge is 0.480 e. The number of piperazine rings is 1. The van der Waals surface area contributed by atoms with E-state index in [2.05, 4.69) is 10.2 Å². The molecule has 3 N–H and O–H groups in total. The molecule has 2 aliphatic rings. The third-order valence-electron chi connectivity index (χ3n) is 3.10. The van der Waals surface area contributed by atoms with Crippen LogP contribution in [0.4, 0.5) is 5.69 Å². The fraction of sp³-hybridized carbons (Fsp3) is 0.500. The van der Waals surface area contributed by atoms with E-state index in [1.165, 1.54) is 0 Å². The molecule has 0 bridgehead atoms. The molecule has 0 aliphatic carbocycles. The van der Waals surface area contributed by atoms with E-state index in [-0.39, 0.29) is 6.61 Å². The lowest BCUT2D eigenvalue weighted by Crippen LogP contribution is -2.46. The number of nitrogens with one attached hydrogen (secondary N) is 1. The Morgan fingerprint density at radius 3 is 2.78 bits per heavy atom. The van der Waals surface area contributed by atoms with E-state index < -0.39 is 5.97 Å². The number of nitrogens with zero attached hydrogens (tertiary/aromatic N) is 1. The zero-order valence-electron chi connectivity index (χ0n) is 9.93. The van der Waals surface area contributed by atoms with Gasteiger partial charge in [0.25, 0.3) is 0 Å². The van der Waals surface area contributed by atoms with Crippen molar-refractivity contribution in [3.8, 4) is 11.5 Å². The summed E-state index contributed by atoms with van der Waals surface area (Å²) in [4.78, 5) is 2.14. The minimum Gasteiger partial charge on any atom is -0.480 e. The maximum Gasteiger partial charge on any atom is 0.358 e. The van der Waals surface area contributed by atoms with Crippen molar-refractivity contribution in [2.45, 2.75) is 5.97 Å². The smallest absolute Gasteiger partial charge is 0.358 e. The van der Waals surface area contributed by atoms with Crippen LogP contribution in [-0.2, 0) is 0 Å². The molecule has 98 valence electrons. The van der Waals surface area contributed by atoms with Crippen LogP contribution in [0.1, 0.15) is 0 Å². The molecule has 1 saturated heterocycles. The van der Waals surface area contributed by atoms with Crippen molar-refractivity contribution >= 4 is 5.69 Å². The van der Waals surface area contributed by atoms with Gasteiger partial charge in [0.15, 0.2) is 18.1 Å². The molecule has 1 fully saturated rings. The number of ether oxygens (including phenoxy) is 2. The molecule has 1 aromatic carbocycles. The average molecular weight is 252 g/mol. The summed E-state index contributed by atoms with van der Waals surface area (Å²) in [6, 6.07) is 5.53. The van der Waals surface area contributed by atoms with Crippen LogP contribution in [0.3, 0.4) is 0 Å². The first-order valence-electron chi connectivity index (χ1n) is 6.01. The minimum absolute atomic E-state index is 0.287. The summed E-state index contributed by atoms with van der Waals surface area (Å²) in [5.41, 5.74) is 0.834. The van der Waals surface area contributed by atoms with Crippen molar-refractivity contribution in [2.75, 3.05) is 37.7 Å². The Morgan fingerprint density at radius 2 is 2.00 bits per heavy atom. The van der Waals surface area contributed by atoms with Gasteiger partial charge in [-0.15, -0.1) is 0 Å². The molecular formula is C12H16N2O4. The van der Waals surface area contributed by atoms with Crippen LogP contribution in [0.2, 0.25) is 0 Å². The lowest BCUT2D eigenvalue weighted by Gasteiger charge is -2.35. The summed E-state index contributed by atoms with van der Waals surface area (Å²) in [5, 5.41) is 22.3. The van der Waals surface area contributed by atoms with Gasteiger partial charge in [-0.05, 0) is 12.1 Å². The molecule has 18 heavy (non-hydrogen) atoms. The third kappa shape index (κ3) is 2.10. The van der Waals surface area contributed by atoms with Crippen LogP contribution in [0.15, 0.2) is 18.2 Å². The highest BCUT2D eigenvalue weighted by Gasteiger charge is 2.35. The van der Waals surface area contributed by atoms with E-state index in [1.807, 2.05) is 12.1 Å². The fourth-order valence-electron chi connectivity index (χ4n) is 2.24. The van der Waals surface area contributed by atoms with Gasteiger partial charge in [0.2, 0.25) is 0 Å². The first kappa shape index (κ1) is 11.6. The van der Waals surface area contributed by atoms with Gasteiger partial charge in [-0.2, -0.15) is 0 Å². The predicted octanol–water partition coefficient (Wildman–Crippen LogP) is -0.494. The van der Waals surface area contributed by atoms with Crippen LogP contribution in [0.25, 0.3) is 0 Å². The van der Waals surface area contributed by atoms with Crippen LogP contribution in [0.5, 0.6) is 11.5 Å². The van der Waals surface area contributed by atoms with Crippen molar-refractivity contribution in [2.24, 2.45) is 0 Å². The number of rotatable bonds is 1. The molecule has 0 unspecified atom stereocenters. The van der Waals surface area contributed by atoms with Crippen molar-refractivity contribution in [1.82, 2.24) is 5.32 Å². The maximum atomic E-state index is 9.52. The molecule has 0 radical (unpaired) electrons. The van der Waals surface area contributed by atoms with E-state index in [0.29, 0.717) is 11.5 Å². The Balaban J connectivity index is 1.95. The van der Waals surface area contributed by atoms with Crippen LogP contribution in [0, 0.1) is 0 Å². The Morgan fingerprint density at radius 1 is 1.22 bits per heavy atom. The third-order valence-corrected chi connectivity index (χ3v) is 3.10. The van der Waals surface area contributed by atoms with Gasteiger partial charge in [0.1, 0.15) is 0 Å². The van der Waals surface area contributed by atoms with Crippen molar-refractivity contribution in [1.29, 1.82) is 0 Å². The number of benzene rings is 1. The lowest BCUT2D eigenvalue weighted by molar-refractivity contribution is -0.312. The second-order valence-electron chi connectivity index (χ2n) is 4.48. The van der Waals surface area contributed by atoms with Gasteiger partial charge in [-0.25, -0.2) is 0 Å². The second-order valence-corrected chi connectivity index (χ2v) is 4.48. The molecular weight excluding hydrogens is 236 g/mol. The highest BCUT2D eigenvalue weighted by Crippen LogP contribution is 2.41. The second kappa shape index (κ2) is 4.31. The van der Waals surface area contributed by atoms with Crippen molar-refractivity contribution in [3.63, 3.8) is 0 Å². The standard InChI is InChI=1S/C12H16N2O4/c15-12(16)8-17-10-3-1-2-9(11(10)18-12)14-6-4-13-5-7-14/h1-3,13,15-16H,4-8H2. The molecule has 0 atom stereocenters. The Kier molecular flexibility index (Phi) is 2.77. The number of anilines is 1. The summed E-state index contributed by atoms with van der Waals surface area (Å²) in [6.07, 6.45) is 0. The summed E-state index contributed by atoms with van der Waals surface area (Å²) < 4.78 is 10.5. The molecule has 3 rings (SSSR count). The number of hydrogen-bond donors (Lipinski definition) is 3. The van der Waals surface area contributed by atoms with Gasteiger partial charge >= 0.3 is 5.97 Å². The topological polar surface area (TPSA) is 74.2 Å². The van der Waals surface area contributed by atoms with Crippen molar-refractivity contribution in [3.05, 3.63) is 18.2 Å². The molecule has 0 spiro atoms. The molecule has 2 heterocycles. The fourth-order valence-corrected chi connectivity index (χ4v) is 2.24. The van der Waals surface area contributed by atoms with Crippen LogP contribution < -0.4 is 19.7 Å². The van der Waals surface area contributed by atoms with Crippen LogP contribution in [-0.4, -0.2) is 49.0 Å². The molecule has 0 aromatic heterocycles. The van der Waals surface area contributed by atoms with E-state index >= 15 is 0 Å². The summed E-state index contributed by atoms with van der Waals surface area (Å²) in [6.45, 7) is 3.21. The first-order valence-corrected chi connectivity index (χ1v) is 6.01. The SMILES string of the molecule is OC1(O)COc2cccc(N3CCNCC3)c2O1. The summed E-state index contributed by atoms with van der Waals surface area (Å²) >= 11 is 0. The number of aliphatic hydroxyl groups is 2. The van der Waals surface area contributed by atoms with Gasteiger partial charge < -0.3 is 29.9 Å². The monoisotopic (exact) mass is 252 g/mol. The first-order chi connectivity index (χ1) is 8.66. The molecule has 0 saturated carbocycles. The highest BCUT2D eigenvalue weighted by molar-refractivity contribution is 5.65. The van der Waals surface area contributed by atoms with Gasteiger partial charge in [-0.3, -0.25) is 0 Å². The maximum absolute atomic E-state index is 9.52. The predicted molar refractivity (Wildman–Crippen MR) is 64.8 cm³/mol. The number of hydrogen-bond acceptors (Lipinski definition) is 6. The average Bonchev–Trinajstić information content (AvgIpc) is 2.38. The lowest BCUT2D eigenvalue weighted by atomic mass is 10.2. The van der Waals surface area contributed by atoms with E-state index in [4.69, 9.17) is 9.47 Å². The Bertz CT molecular complexity index is 444. The molecule has 0 amide bonds. The van der Waals surface area contributed by atoms with Crippen LogP contribution >= 0.6 is 0 Å². The van der Waals surface area contributed by atoms with Crippen molar-refractivity contribution < 1.29 is 19.7 Å². The summed E-state index contributed by atoms with van der Waals surface area (Å²) in [5.74, 6) is -1.31. The molecule has 2 aliphatic heterocycles. The van der Waals surface area contributed by atoms with E-state index in [0.717, 1.165) is 31.9 Å². The van der Waals surface area contributed by atoms with E-state index in [1.54, 1.807) is 6.07 Å². The number of fused-ring (bicyclic) bond motifs is 1. The quantitative estimate of drug-likeness (QED) is 0.585. The van der Waals surface area contributed by atoms with E-state index in [9.17, 15) is 10.2 Å². The summed E-state index contributed by atoms with van der Waals surface area (Å²) in [7, 11) is 0. The molecule has 1 aromatic rings. The Labute approximate surface area is 105 Å². The normalized spacial score (nSPS) is 21.8. The molecule has 6 nitrogen and oxygen atoms in total. The number of para-hydroxylation sites is 1. The minimum atomic E-state index is -2.25. The Hall–Kier alpha value is -1.50. The zero-order valence-corrected chi connectivity index (χ0v) is 9.93. The zero-order chi connectivity index (χ0) is 12.6. The highest BCUT2D eigenvalue weighted by atomic mass is 16.8. The van der Waals surface area contributed by atoms with Gasteiger partial charge in [0, 0.05) is 26.2 Å².